The van der Waals surface area contributed by atoms with Gasteiger partial charge in [0.05, 0.1) is 18.6 Å². The summed E-state index contributed by atoms with van der Waals surface area (Å²) in [4.78, 5) is 12.3. The van der Waals surface area contributed by atoms with Gasteiger partial charge in [0.25, 0.3) is 0 Å². The van der Waals surface area contributed by atoms with Crippen molar-refractivity contribution in [1.29, 1.82) is 0 Å². The standard InChI is InChI=1S/C26H25N3O3S/c1-18-8-10-19(11-9-18)15-24-25(30)28-26(33-24)29-27-16-21-12-13-22(23(14-21)31-2)32-17-20-6-4-3-5-7-20/h3-14,16,24H,15,17H2,1-2H3,(H,28,29,30)/b27-16+. The van der Waals surface area contributed by atoms with Crippen LogP contribution in [0.15, 0.2) is 83.0 Å². The summed E-state index contributed by atoms with van der Waals surface area (Å²) in [5, 5.41) is 11.4. The lowest BCUT2D eigenvalue weighted by atomic mass is 10.1. The van der Waals surface area contributed by atoms with Gasteiger partial charge in [-0.05, 0) is 48.2 Å². The van der Waals surface area contributed by atoms with Crippen molar-refractivity contribution >= 4 is 29.1 Å². The third kappa shape index (κ3) is 6.23. The molecule has 0 bridgehead atoms. The first kappa shape index (κ1) is 22.6. The van der Waals surface area contributed by atoms with E-state index in [1.54, 1.807) is 13.3 Å². The van der Waals surface area contributed by atoms with Crippen LogP contribution in [-0.4, -0.2) is 29.6 Å². The van der Waals surface area contributed by atoms with E-state index in [9.17, 15) is 4.79 Å². The van der Waals surface area contributed by atoms with Gasteiger partial charge in [-0.2, -0.15) is 5.10 Å². The minimum atomic E-state index is -0.206. The van der Waals surface area contributed by atoms with Crippen LogP contribution in [0.2, 0.25) is 0 Å². The first-order chi connectivity index (χ1) is 16.1. The second-order valence-corrected chi connectivity index (χ2v) is 8.81. The van der Waals surface area contributed by atoms with Crippen LogP contribution in [0.5, 0.6) is 11.5 Å². The maximum Gasteiger partial charge on any atom is 0.239 e. The van der Waals surface area contributed by atoms with E-state index in [4.69, 9.17) is 9.47 Å². The largest absolute Gasteiger partial charge is 0.493 e. The molecule has 1 atom stereocenters. The molecule has 33 heavy (non-hydrogen) atoms. The molecule has 168 valence electrons. The Labute approximate surface area is 197 Å². The highest BCUT2D eigenvalue weighted by Crippen LogP contribution is 2.28. The molecule has 1 fully saturated rings. The van der Waals surface area contributed by atoms with Gasteiger partial charge in [0, 0.05) is 0 Å². The molecule has 1 N–H and O–H groups in total. The number of carbonyl (C=O) groups is 1. The van der Waals surface area contributed by atoms with Crippen molar-refractivity contribution in [3.05, 3.63) is 95.1 Å². The number of rotatable bonds is 8. The molecule has 0 aromatic heterocycles. The number of nitrogens with zero attached hydrogens (tertiary/aromatic N) is 2. The maximum atomic E-state index is 12.3. The molecular weight excluding hydrogens is 434 g/mol. The first-order valence-corrected chi connectivity index (χ1v) is 11.5. The Morgan fingerprint density at radius 1 is 1.00 bits per heavy atom. The lowest BCUT2D eigenvalue weighted by Crippen LogP contribution is -2.25. The van der Waals surface area contributed by atoms with Gasteiger partial charge in [0.2, 0.25) is 5.91 Å². The van der Waals surface area contributed by atoms with Crippen molar-refractivity contribution in [2.45, 2.75) is 25.2 Å². The maximum absolute atomic E-state index is 12.3. The van der Waals surface area contributed by atoms with Crippen LogP contribution in [0.4, 0.5) is 0 Å². The van der Waals surface area contributed by atoms with Crippen molar-refractivity contribution in [3.63, 3.8) is 0 Å². The number of hydrogen-bond acceptors (Lipinski definition) is 6. The van der Waals surface area contributed by atoms with Crippen LogP contribution in [0.25, 0.3) is 0 Å². The van der Waals surface area contributed by atoms with Crippen molar-refractivity contribution < 1.29 is 14.3 Å². The summed E-state index contributed by atoms with van der Waals surface area (Å²) < 4.78 is 11.3. The Hall–Kier alpha value is -3.58. The molecule has 1 aliphatic heterocycles. The van der Waals surface area contributed by atoms with E-state index in [1.165, 1.54) is 17.3 Å². The van der Waals surface area contributed by atoms with Gasteiger partial charge < -0.3 is 14.8 Å². The zero-order valence-electron chi connectivity index (χ0n) is 18.5. The second kappa shape index (κ2) is 10.8. The third-order valence-corrected chi connectivity index (χ3v) is 6.17. The number of methoxy groups -OCH3 is 1. The Kier molecular flexibility index (Phi) is 7.42. The summed E-state index contributed by atoms with van der Waals surface area (Å²) in [6.45, 7) is 2.50. The Balaban J connectivity index is 1.36. The van der Waals surface area contributed by atoms with Crippen LogP contribution >= 0.6 is 11.8 Å². The summed E-state index contributed by atoms with van der Waals surface area (Å²) in [5.74, 6) is 1.22. The molecule has 3 aromatic carbocycles. The van der Waals surface area contributed by atoms with E-state index < -0.39 is 0 Å². The number of hydrogen-bond donors (Lipinski definition) is 1. The van der Waals surface area contributed by atoms with Crippen molar-refractivity contribution in [2.24, 2.45) is 10.2 Å². The molecule has 7 heteroatoms. The molecular formula is C26H25N3O3S. The molecule has 0 spiro atoms. The highest BCUT2D eigenvalue weighted by atomic mass is 32.2. The fourth-order valence-electron chi connectivity index (χ4n) is 3.29. The number of amides is 1. The third-order valence-electron chi connectivity index (χ3n) is 5.10. The van der Waals surface area contributed by atoms with Gasteiger partial charge in [0.15, 0.2) is 16.7 Å². The van der Waals surface area contributed by atoms with Crippen LogP contribution in [-0.2, 0) is 17.8 Å². The number of amidine groups is 1. The monoisotopic (exact) mass is 459 g/mol. The second-order valence-electron chi connectivity index (χ2n) is 7.62. The number of aryl methyl sites for hydroxylation is 1. The molecule has 1 amide bonds. The van der Waals surface area contributed by atoms with Crippen molar-refractivity contribution in [2.75, 3.05) is 7.11 Å². The molecule has 1 unspecified atom stereocenters. The average molecular weight is 460 g/mol. The molecule has 1 heterocycles. The van der Waals surface area contributed by atoms with Crippen LogP contribution in [0, 0.1) is 6.92 Å². The zero-order valence-corrected chi connectivity index (χ0v) is 19.3. The highest BCUT2D eigenvalue weighted by molar-refractivity contribution is 8.15. The smallest absolute Gasteiger partial charge is 0.239 e. The van der Waals surface area contributed by atoms with Crippen molar-refractivity contribution in [1.82, 2.24) is 5.32 Å². The number of thioether (sulfide) groups is 1. The van der Waals surface area contributed by atoms with Crippen LogP contribution in [0.3, 0.4) is 0 Å². The summed E-state index contributed by atoms with van der Waals surface area (Å²) in [6.07, 6.45) is 2.28. The summed E-state index contributed by atoms with van der Waals surface area (Å²) >= 11 is 1.40. The molecule has 0 saturated carbocycles. The van der Waals surface area contributed by atoms with Gasteiger partial charge in [-0.1, -0.05) is 71.9 Å². The zero-order chi connectivity index (χ0) is 23.0. The van der Waals surface area contributed by atoms with Gasteiger partial charge in [-0.15, -0.1) is 5.10 Å². The number of ether oxygens (including phenoxy) is 2. The predicted molar refractivity (Wildman–Crippen MR) is 133 cm³/mol. The number of carbonyl (C=O) groups excluding carboxylic acids is 1. The minimum Gasteiger partial charge on any atom is -0.493 e. The fraction of sp³-hybridized carbons (Fsp3) is 0.192. The Bertz CT molecular complexity index is 1160. The SMILES string of the molecule is COc1cc(/C=N/N=C2\NC(=O)C(Cc3ccc(C)cc3)S2)ccc1OCc1ccccc1. The molecule has 4 rings (SSSR count). The molecule has 3 aromatic rings. The molecule has 1 saturated heterocycles. The topological polar surface area (TPSA) is 72.3 Å². The van der Waals surface area contributed by atoms with E-state index in [0.717, 1.165) is 16.7 Å². The lowest BCUT2D eigenvalue weighted by Gasteiger charge is -2.11. The Morgan fingerprint density at radius 2 is 1.79 bits per heavy atom. The summed E-state index contributed by atoms with van der Waals surface area (Å²) in [7, 11) is 1.60. The molecule has 1 aliphatic rings. The van der Waals surface area contributed by atoms with E-state index in [2.05, 4.69) is 39.8 Å². The summed E-state index contributed by atoms with van der Waals surface area (Å²) in [6, 6.07) is 23.7. The van der Waals surface area contributed by atoms with Gasteiger partial charge in [-0.3, -0.25) is 4.79 Å². The van der Waals surface area contributed by atoms with Gasteiger partial charge in [0.1, 0.15) is 6.61 Å². The molecule has 0 aliphatic carbocycles. The van der Waals surface area contributed by atoms with Gasteiger partial charge >= 0.3 is 0 Å². The highest BCUT2D eigenvalue weighted by Gasteiger charge is 2.30. The molecule has 0 radical (unpaired) electrons. The number of nitrogens with one attached hydrogen (secondary N) is 1. The van der Waals surface area contributed by atoms with E-state index >= 15 is 0 Å². The van der Waals surface area contributed by atoms with Crippen LogP contribution in [0.1, 0.15) is 22.3 Å². The first-order valence-electron chi connectivity index (χ1n) is 10.6. The van der Waals surface area contributed by atoms with E-state index in [1.807, 2.05) is 55.5 Å². The quantitative estimate of drug-likeness (QED) is 0.390. The lowest BCUT2D eigenvalue weighted by molar-refractivity contribution is -0.118. The van der Waals surface area contributed by atoms with Gasteiger partial charge in [-0.25, -0.2) is 0 Å². The minimum absolute atomic E-state index is 0.0453. The summed E-state index contributed by atoms with van der Waals surface area (Å²) in [5.41, 5.74) is 4.22. The van der Waals surface area contributed by atoms with E-state index in [-0.39, 0.29) is 11.2 Å². The fourth-order valence-corrected chi connectivity index (χ4v) is 4.26. The average Bonchev–Trinajstić information content (AvgIpc) is 3.19. The normalized spacial score (nSPS) is 16.8. The van der Waals surface area contributed by atoms with E-state index in [0.29, 0.717) is 29.7 Å². The number of benzene rings is 3. The van der Waals surface area contributed by atoms with Crippen LogP contribution < -0.4 is 14.8 Å². The van der Waals surface area contributed by atoms with Crippen molar-refractivity contribution in [3.8, 4) is 11.5 Å². The predicted octanol–water partition coefficient (Wildman–Crippen LogP) is 4.75. The Morgan fingerprint density at radius 3 is 2.55 bits per heavy atom. The molecule has 6 nitrogen and oxygen atoms in total.